The van der Waals surface area contributed by atoms with Gasteiger partial charge in [0.15, 0.2) is 0 Å². The Balaban J connectivity index is 1.95. The second kappa shape index (κ2) is 5.25. The number of aryl methyl sites for hydroxylation is 2. The summed E-state index contributed by atoms with van der Waals surface area (Å²) in [7, 11) is 0. The lowest BCUT2D eigenvalue weighted by molar-refractivity contribution is 0.153. The van der Waals surface area contributed by atoms with Crippen LogP contribution in [0.4, 0.5) is 0 Å². The summed E-state index contributed by atoms with van der Waals surface area (Å²) in [5, 5.41) is 10.5. The number of aromatic nitrogens is 1. The Bertz CT molecular complexity index is 688. The molecular weight excluding hydrogens is 250 g/mol. The quantitative estimate of drug-likeness (QED) is 0.929. The molecule has 3 rings (SSSR count). The van der Waals surface area contributed by atoms with Crippen LogP contribution in [0.2, 0.25) is 0 Å². The van der Waals surface area contributed by atoms with Crippen LogP contribution in [0.15, 0.2) is 41.2 Å². The van der Waals surface area contributed by atoms with E-state index in [1.54, 1.807) is 10.6 Å². The van der Waals surface area contributed by atoms with Gasteiger partial charge >= 0.3 is 0 Å². The SMILES string of the molecule is Cc1ccccc1C(O)Cn1c2c(ccc1=O)CCC2. The molecule has 3 nitrogen and oxygen atoms in total. The molecule has 1 aliphatic carbocycles. The first-order chi connectivity index (χ1) is 9.66. The fourth-order valence-corrected chi connectivity index (χ4v) is 3.07. The van der Waals surface area contributed by atoms with Crippen molar-refractivity contribution in [3.8, 4) is 0 Å². The molecule has 104 valence electrons. The normalized spacial score (nSPS) is 15.1. The molecule has 3 heteroatoms. The van der Waals surface area contributed by atoms with E-state index in [1.807, 2.05) is 37.3 Å². The molecule has 0 radical (unpaired) electrons. The molecule has 0 saturated heterocycles. The second-order valence-electron chi connectivity index (χ2n) is 5.48. The summed E-state index contributed by atoms with van der Waals surface area (Å²) in [6.07, 6.45) is 2.43. The molecule has 0 saturated carbocycles. The molecule has 1 N–H and O–H groups in total. The van der Waals surface area contributed by atoms with E-state index in [0.717, 1.165) is 36.1 Å². The van der Waals surface area contributed by atoms with Crippen LogP contribution in [0, 0.1) is 6.92 Å². The standard InChI is InChI=1S/C17H19NO2/c1-12-5-2-3-7-14(12)16(19)11-18-15-8-4-6-13(15)9-10-17(18)20/h2-3,5,7,9-10,16,19H,4,6,8,11H2,1H3. The van der Waals surface area contributed by atoms with Crippen molar-refractivity contribution in [1.29, 1.82) is 0 Å². The average Bonchev–Trinajstić information content (AvgIpc) is 2.91. The Morgan fingerprint density at radius 2 is 2.00 bits per heavy atom. The summed E-state index contributed by atoms with van der Waals surface area (Å²) in [6, 6.07) is 11.3. The first-order valence-electron chi connectivity index (χ1n) is 7.12. The Hall–Kier alpha value is -1.87. The fraction of sp³-hybridized carbons (Fsp3) is 0.353. The van der Waals surface area contributed by atoms with Crippen molar-refractivity contribution < 1.29 is 5.11 Å². The molecule has 1 heterocycles. The summed E-state index contributed by atoms with van der Waals surface area (Å²) in [4.78, 5) is 12.1. The fourth-order valence-electron chi connectivity index (χ4n) is 3.07. The zero-order valence-electron chi connectivity index (χ0n) is 11.7. The van der Waals surface area contributed by atoms with Gasteiger partial charge in [-0.3, -0.25) is 4.79 Å². The number of hydrogen-bond acceptors (Lipinski definition) is 2. The first kappa shape index (κ1) is 13.1. The van der Waals surface area contributed by atoms with Gasteiger partial charge in [-0.2, -0.15) is 0 Å². The van der Waals surface area contributed by atoms with Gasteiger partial charge < -0.3 is 9.67 Å². The predicted octanol–water partition coefficient (Wildman–Crippen LogP) is 2.38. The van der Waals surface area contributed by atoms with Crippen LogP contribution in [-0.2, 0) is 19.4 Å². The van der Waals surface area contributed by atoms with Crippen molar-refractivity contribution in [2.24, 2.45) is 0 Å². The van der Waals surface area contributed by atoms with Crippen LogP contribution in [0.1, 0.15) is 34.9 Å². The minimum Gasteiger partial charge on any atom is -0.387 e. The molecule has 0 aliphatic heterocycles. The number of aliphatic hydroxyl groups excluding tert-OH is 1. The Labute approximate surface area is 118 Å². The van der Waals surface area contributed by atoms with Gasteiger partial charge in [-0.1, -0.05) is 30.3 Å². The lowest BCUT2D eigenvalue weighted by Crippen LogP contribution is -2.26. The number of aliphatic hydroxyl groups is 1. The molecule has 1 atom stereocenters. The highest BCUT2D eigenvalue weighted by Gasteiger charge is 2.18. The number of benzene rings is 1. The second-order valence-corrected chi connectivity index (χ2v) is 5.48. The molecule has 1 aromatic carbocycles. The zero-order chi connectivity index (χ0) is 14.1. The number of pyridine rings is 1. The minimum absolute atomic E-state index is 0.0155. The van der Waals surface area contributed by atoms with Crippen LogP contribution >= 0.6 is 0 Å². The maximum Gasteiger partial charge on any atom is 0.250 e. The van der Waals surface area contributed by atoms with Crippen LogP contribution in [0.3, 0.4) is 0 Å². The van der Waals surface area contributed by atoms with Gasteiger partial charge in [0.2, 0.25) is 0 Å². The Morgan fingerprint density at radius 1 is 1.20 bits per heavy atom. The van der Waals surface area contributed by atoms with Crippen LogP contribution in [0.5, 0.6) is 0 Å². The Kier molecular flexibility index (Phi) is 3.45. The molecule has 0 bridgehead atoms. The van der Waals surface area contributed by atoms with Gasteiger partial charge in [0.25, 0.3) is 5.56 Å². The van der Waals surface area contributed by atoms with Crippen molar-refractivity contribution in [3.63, 3.8) is 0 Å². The van der Waals surface area contributed by atoms with E-state index in [1.165, 1.54) is 5.56 Å². The van der Waals surface area contributed by atoms with E-state index in [-0.39, 0.29) is 5.56 Å². The average molecular weight is 269 g/mol. The van der Waals surface area contributed by atoms with Gasteiger partial charge in [0.05, 0.1) is 12.6 Å². The van der Waals surface area contributed by atoms with Crippen molar-refractivity contribution in [3.05, 3.63) is 69.1 Å². The molecule has 1 unspecified atom stereocenters. The van der Waals surface area contributed by atoms with Crippen molar-refractivity contribution in [1.82, 2.24) is 4.57 Å². The van der Waals surface area contributed by atoms with Gasteiger partial charge in [0.1, 0.15) is 0 Å². The van der Waals surface area contributed by atoms with Crippen molar-refractivity contribution in [2.75, 3.05) is 0 Å². The highest BCUT2D eigenvalue weighted by Crippen LogP contribution is 2.23. The van der Waals surface area contributed by atoms with E-state index in [4.69, 9.17) is 0 Å². The number of fused-ring (bicyclic) bond motifs is 1. The lowest BCUT2D eigenvalue weighted by atomic mass is 10.0. The minimum atomic E-state index is -0.638. The summed E-state index contributed by atoms with van der Waals surface area (Å²) >= 11 is 0. The van der Waals surface area contributed by atoms with Gasteiger partial charge in [-0.25, -0.2) is 0 Å². The van der Waals surface area contributed by atoms with Gasteiger partial charge in [-0.15, -0.1) is 0 Å². The van der Waals surface area contributed by atoms with Crippen LogP contribution in [-0.4, -0.2) is 9.67 Å². The van der Waals surface area contributed by atoms with E-state index >= 15 is 0 Å². The van der Waals surface area contributed by atoms with Crippen molar-refractivity contribution in [2.45, 2.75) is 38.8 Å². The third-order valence-electron chi connectivity index (χ3n) is 4.15. The molecule has 0 spiro atoms. The highest BCUT2D eigenvalue weighted by molar-refractivity contribution is 5.29. The smallest absolute Gasteiger partial charge is 0.250 e. The summed E-state index contributed by atoms with van der Waals surface area (Å²) < 4.78 is 1.75. The largest absolute Gasteiger partial charge is 0.387 e. The summed E-state index contributed by atoms with van der Waals surface area (Å²) in [5.41, 5.74) is 4.29. The maximum atomic E-state index is 12.1. The van der Waals surface area contributed by atoms with E-state index in [2.05, 4.69) is 0 Å². The topological polar surface area (TPSA) is 42.2 Å². The number of nitrogens with zero attached hydrogens (tertiary/aromatic N) is 1. The third kappa shape index (κ3) is 2.29. The third-order valence-corrected chi connectivity index (χ3v) is 4.15. The highest BCUT2D eigenvalue weighted by atomic mass is 16.3. The number of rotatable bonds is 3. The monoisotopic (exact) mass is 269 g/mol. The van der Waals surface area contributed by atoms with Crippen molar-refractivity contribution >= 4 is 0 Å². The number of hydrogen-bond donors (Lipinski definition) is 1. The molecule has 20 heavy (non-hydrogen) atoms. The maximum absolute atomic E-state index is 12.1. The first-order valence-corrected chi connectivity index (χ1v) is 7.12. The zero-order valence-corrected chi connectivity index (χ0v) is 11.7. The molecule has 2 aromatic rings. The Morgan fingerprint density at radius 3 is 2.80 bits per heavy atom. The molecule has 0 amide bonds. The van der Waals surface area contributed by atoms with E-state index in [0.29, 0.717) is 6.54 Å². The lowest BCUT2D eigenvalue weighted by Gasteiger charge is -2.18. The van der Waals surface area contributed by atoms with Gasteiger partial charge in [0, 0.05) is 11.8 Å². The van der Waals surface area contributed by atoms with E-state index in [9.17, 15) is 9.90 Å². The summed E-state index contributed by atoms with van der Waals surface area (Å²) in [6.45, 7) is 2.32. The molecule has 0 fully saturated rings. The molecule has 1 aliphatic rings. The van der Waals surface area contributed by atoms with Crippen LogP contribution < -0.4 is 5.56 Å². The van der Waals surface area contributed by atoms with Crippen LogP contribution in [0.25, 0.3) is 0 Å². The van der Waals surface area contributed by atoms with Gasteiger partial charge in [-0.05, 0) is 42.9 Å². The van der Waals surface area contributed by atoms with E-state index < -0.39 is 6.10 Å². The molecular formula is C17H19NO2. The molecule has 1 aromatic heterocycles. The summed E-state index contributed by atoms with van der Waals surface area (Å²) in [5.74, 6) is 0. The predicted molar refractivity (Wildman–Crippen MR) is 78.9 cm³/mol.